The van der Waals surface area contributed by atoms with Gasteiger partial charge in [-0.1, -0.05) is 39.3 Å². The van der Waals surface area contributed by atoms with Crippen molar-refractivity contribution in [2.75, 3.05) is 18.0 Å². The van der Waals surface area contributed by atoms with Crippen molar-refractivity contribution in [2.45, 2.75) is 67.2 Å². The molecule has 1 aromatic rings. The minimum atomic E-state index is 0.763. The van der Waals surface area contributed by atoms with Crippen LogP contribution in [0.1, 0.15) is 72.8 Å². The maximum Gasteiger partial charge on any atom is 0.113 e. The first-order valence-electron chi connectivity index (χ1n) is 9.20. The molecule has 0 saturated heterocycles. The van der Waals surface area contributed by atoms with E-state index in [0.717, 1.165) is 31.8 Å². The standard InChI is InChI=1S/C21H36N2/c1-8-15-23(9-2)21-20(13-14-22-21)19(18(7)17(5)6)12-10-11-16(3)4/h13-14,16,22H,5,8-12,15H2,1-4,6-7H3/b19-18+. The van der Waals surface area contributed by atoms with Crippen LogP contribution < -0.4 is 4.90 Å². The first-order chi connectivity index (χ1) is 10.9. The predicted molar refractivity (Wildman–Crippen MR) is 105 cm³/mol. The van der Waals surface area contributed by atoms with Crippen LogP contribution in [0.3, 0.4) is 0 Å². The lowest BCUT2D eigenvalue weighted by molar-refractivity contribution is 0.562. The molecule has 1 heterocycles. The highest BCUT2D eigenvalue weighted by Gasteiger charge is 2.16. The van der Waals surface area contributed by atoms with Crippen molar-refractivity contribution in [3.05, 3.63) is 35.6 Å². The number of aromatic amines is 1. The number of hydrogen-bond donors (Lipinski definition) is 1. The molecule has 1 rings (SSSR count). The van der Waals surface area contributed by atoms with Crippen LogP contribution in [0, 0.1) is 5.92 Å². The van der Waals surface area contributed by atoms with Crippen LogP contribution >= 0.6 is 0 Å². The van der Waals surface area contributed by atoms with Crippen LogP contribution in [0.4, 0.5) is 5.82 Å². The summed E-state index contributed by atoms with van der Waals surface area (Å²) >= 11 is 0. The molecule has 0 unspecified atom stereocenters. The number of anilines is 1. The Labute approximate surface area is 143 Å². The zero-order chi connectivity index (χ0) is 17.4. The lowest BCUT2D eigenvalue weighted by Gasteiger charge is -2.24. The Morgan fingerprint density at radius 3 is 2.48 bits per heavy atom. The Hall–Kier alpha value is -1.44. The van der Waals surface area contributed by atoms with Gasteiger partial charge in [0, 0.05) is 24.8 Å². The monoisotopic (exact) mass is 316 g/mol. The van der Waals surface area contributed by atoms with E-state index in [9.17, 15) is 0 Å². The van der Waals surface area contributed by atoms with E-state index in [-0.39, 0.29) is 0 Å². The van der Waals surface area contributed by atoms with Crippen molar-refractivity contribution in [1.82, 2.24) is 4.98 Å². The molecule has 23 heavy (non-hydrogen) atoms. The highest BCUT2D eigenvalue weighted by Crippen LogP contribution is 2.34. The summed E-state index contributed by atoms with van der Waals surface area (Å²) in [5.74, 6) is 2.04. The van der Waals surface area contributed by atoms with E-state index in [1.165, 1.54) is 40.9 Å². The molecule has 0 aliphatic carbocycles. The number of rotatable bonds is 10. The molecule has 0 spiro atoms. The molecule has 0 atom stereocenters. The van der Waals surface area contributed by atoms with Gasteiger partial charge in [-0.3, -0.25) is 0 Å². The minimum absolute atomic E-state index is 0.763. The third-order valence-corrected chi connectivity index (χ3v) is 4.54. The van der Waals surface area contributed by atoms with Gasteiger partial charge in [-0.15, -0.1) is 0 Å². The molecule has 0 radical (unpaired) electrons. The number of H-pyrrole nitrogens is 1. The van der Waals surface area contributed by atoms with E-state index >= 15 is 0 Å². The van der Waals surface area contributed by atoms with Gasteiger partial charge < -0.3 is 9.88 Å². The second kappa shape index (κ2) is 9.64. The van der Waals surface area contributed by atoms with Crippen molar-refractivity contribution >= 4 is 11.4 Å². The molecule has 0 saturated carbocycles. The molecule has 2 heteroatoms. The fraction of sp³-hybridized carbons (Fsp3) is 0.619. The number of hydrogen-bond acceptors (Lipinski definition) is 1. The number of allylic oxidation sites excluding steroid dienone is 3. The first kappa shape index (κ1) is 19.6. The van der Waals surface area contributed by atoms with Crippen LogP contribution in [-0.2, 0) is 0 Å². The minimum Gasteiger partial charge on any atom is -0.358 e. The second-order valence-corrected chi connectivity index (χ2v) is 6.99. The van der Waals surface area contributed by atoms with Gasteiger partial charge in [0.15, 0.2) is 0 Å². The van der Waals surface area contributed by atoms with Crippen LogP contribution in [0.2, 0.25) is 0 Å². The zero-order valence-electron chi connectivity index (χ0n) is 16.1. The fourth-order valence-electron chi connectivity index (χ4n) is 3.03. The smallest absolute Gasteiger partial charge is 0.113 e. The predicted octanol–water partition coefficient (Wildman–Crippen LogP) is 6.43. The van der Waals surface area contributed by atoms with Crippen LogP contribution in [0.25, 0.3) is 5.57 Å². The Balaban J connectivity index is 3.16. The number of nitrogens with zero attached hydrogens (tertiary/aromatic N) is 1. The Kier molecular flexibility index (Phi) is 8.22. The molecule has 0 bridgehead atoms. The number of nitrogens with one attached hydrogen (secondary N) is 1. The molecule has 0 fully saturated rings. The molecule has 0 aromatic carbocycles. The highest BCUT2D eigenvalue weighted by molar-refractivity contribution is 5.79. The van der Waals surface area contributed by atoms with Gasteiger partial charge in [-0.25, -0.2) is 0 Å². The summed E-state index contributed by atoms with van der Waals surface area (Å²) in [6.45, 7) is 19.7. The molecule has 0 amide bonds. The maximum absolute atomic E-state index is 4.18. The highest BCUT2D eigenvalue weighted by atomic mass is 15.2. The molecule has 1 N–H and O–H groups in total. The lowest BCUT2D eigenvalue weighted by atomic mass is 9.92. The third kappa shape index (κ3) is 5.60. The van der Waals surface area contributed by atoms with Crippen LogP contribution in [0.5, 0.6) is 0 Å². The maximum atomic E-state index is 4.18. The molecule has 2 nitrogen and oxygen atoms in total. The molecule has 1 aromatic heterocycles. The second-order valence-electron chi connectivity index (χ2n) is 6.99. The summed E-state index contributed by atoms with van der Waals surface area (Å²) in [6.07, 6.45) is 6.89. The van der Waals surface area contributed by atoms with Gasteiger partial charge in [-0.2, -0.15) is 0 Å². The third-order valence-electron chi connectivity index (χ3n) is 4.54. The first-order valence-corrected chi connectivity index (χ1v) is 9.20. The van der Waals surface area contributed by atoms with Crippen LogP contribution in [0.15, 0.2) is 30.0 Å². The van der Waals surface area contributed by atoms with Gasteiger partial charge in [0.2, 0.25) is 0 Å². The van der Waals surface area contributed by atoms with E-state index in [4.69, 9.17) is 0 Å². The van der Waals surface area contributed by atoms with Crippen molar-refractivity contribution in [2.24, 2.45) is 5.92 Å². The fourth-order valence-corrected chi connectivity index (χ4v) is 3.03. The van der Waals surface area contributed by atoms with E-state index < -0.39 is 0 Å². The summed E-state index contributed by atoms with van der Waals surface area (Å²) in [6, 6.07) is 2.24. The van der Waals surface area contributed by atoms with Gasteiger partial charge in [-0.05, 0) is 63.2 Å². The van der Waals surface area contributed by atoms with E-state index in [1.807, 2.05) is 0 Å². The van der Waals surface area contributed by atoms with E-state index in [0.29, 0.717) is 0 Å². The van der Waals surface area contributed by atoms with Gasteiger partial charge >= 0.3 is 0 Å². The van der Waals surface area contributed by atoms with Crippen molar-refractivity contribution < 1.29 is 0 Å². The zero-order valence-corrected chi connectivity index (χ0v) is 16.1. The quantitative estimate of drug-likeness (QED) is 0.493. The van der Waals surface area contributed by atoms with E-state index in [1.54, 1.807) is 0 Å². The van der Waals surface area contributed by atoms with Crippen LogP contribution in [-0.4, -0.2) is 18.1 Å². The SMILES string of the molecule is C=C(C)/C(C)=C(\CCCC(C)C)c1cc[nH]c1N(CC)CCC. The molecule has 0 aliphatic rings. The topological polar surface area (TPSA) is 19.0 Å². The molecular weight excluding hydrogens is 280 g/mol. The van der Waals surface area contributed by atoms with Crippen molar-refractivity contribution in [3.63, 3.8) is 0 Å². The number of aromatic nitrogens is 1. The lowest BCUT2D eigenvalue weighted by Crippen LogP contribution is -2.24. The van der Waals surface area contributed by atoms with Gasteiger partial charge in [0.1, 0.15) is 5.82 Å². The average molecular weight is 317 g/mol. The molecular formula is C21H36N2. The normalized spacial score (nSPS) is 12.5. The van der Waals surface area contributed by atoms with Crippen molar-refractivity contribution in [1.29, 1.82) is 0 Å². The molecule has 130 valence electrons. The van der Waals surface area contributed by atoms with Gasteiger partial charge in [0.05, 0.1) is 0 Å². The summed E-state index contributed by atoms with van der Waals surface area (Å²) < 4.78 is 0. The van der Waals surface area contributed by atoms with E-state index in [2.05, 4.69) is 70.3 Å². The summed E-state index contributed by atoms with van der Waals surface area (Å²) in [4.78, 5) is 5.93. The Morgan fingerprint density at radius 2 is 1.96 bits per heavy atom. The Bertz CT molecular complexity index is 520. The summed E-state index contributed by atoms with van der Waals surface area (Å²) in [5.41, 5.74) is 5.35. The largest absolute Gasteiger partial charge is 0.358 e. The van der Waals surface area contributed by atoms with Crippen molar-refractivity contribution in [3.8, 4) is 0 Å². The Morgan fingerprint density at radius 1 is 1.26 bits per heavy atom. The summed E-state index contributed by atoms with van der Waals surface area (Å²) in [7, 11) is 0. The average Bonchev–Trinajstić information content (AvgIpc) is 2.97. The summed E-state index contributed by atoms with van der Waals surface area (Å²) in [5, 5.41) is 0. The van der Waals surface area contributed by atoms with Gasteiger partial charge in [0.25, 0.3) is 0 Å². The molecule has 0 aliphatic heterocycles.